The number of amides is 1. The highest BCUT2D eigenvalue weighted by Gasteiger charge is 2.31. The van der Waals surface area contributed by atoms with Crippen LogP contribution in [0.4, 0.5) is 0 Å². The lowest BCUT2D eigenvalue weighted by Gasteiger charge is -2.35. The summed E-state index contributed by atoms with van der Waals surface area (Å²) in [6.07, 6.45) is -0.664. The molecule has 3 rings (SSSR count). The molecular weight excluding hydrogens is 412 g/mol. The number of ether oxygens (including phenoxy) is 1. The van der Waals surface area contributed by atoms with Crippen molar-refractivity contribution in [2.24, 2.45) is 0 Å². The Labute approximate surface area is 177 Å². The molecule has 6 nitrogen and oxygen atoms in total. The maximum Gasteiger partial charge on any atom is 0.263 e. The number of piperazine rings is 1. The minimum Gasteiger partial charge on any atom is -0.481 e. The van der Waals surface area contributed by atoms with Gasteiger partial charge in [0.2, 0.25) is 10.0 Å². The van der Waals surface area contributed by atoms with Gasteiger partial charge in [-0.25, -0.2) is 8.42 Å². The van der Waals surface area contributed by atoms with Crippen LogP contribution in [0.25, 0.3) is 0 Å². The maximum absolute atomic E-state index is 12.7. The van der Waals surface area contributed by atoms with Crippen LogP contribution >= 0.6 is 11.6 Å². The van der Waals surface area contributed by atoms with Crippen molar-refractivity contribution < 1.29 is 17.9 Å². The second-order valence-electron chi connectivity index (χ2n) is 7.14. The van der Waals surface area contributed by atoms with Crippen LogP contribution in [-0.2, 0) is 20.6 Å². The van der Waals surface area contributed by atoms with E-state index >= 15 is 0 Å². The molecule has 0 aromatic heterocycles. The van der Waals surface area contributed by atoms with Crippen molar-refractivity contribution in [2.45, 2.75) is 25.7 Å². The fraction of sp³-hybridized carbons (Fsp3) is 0.381. The topological polar surface area (TPSA) is 66.9 Å². The fourth-order valence-electron chi connectivity index (χ4n) is 3.31. The molecule has 0 bridgehead atoms. The summed E-state index contributed by atoms with van der Waals surface area (Å²) in [4.78, 5) is 14.4. The number of carbonyl (C=O) groups is 1. The zero-order valence-electron chi connectivity index (χ0n) is 16.5. The summed E-state index contributed by atoms with van der Waals surface area (Å²) in [6, 6.07) is 14.4. The monoisotopic (exact) mass is 436 g/mol. The quantitative estimate of drug-likeness (QED) is 0.697. The average molecular weight is 437 g/mol. The lowest BCUT2D eigenvalue weighted by Crippen LogP contribution is -2.53. The van der Waals surface area contributed by atoms with Gasteiger partial charge in [-0.15, -0.1) is 0 Å². The summed E-state index contributed by atoms with van der Waals surface area (Å²) in [6.45, 7) is 4.84. The molecule has 1 fully saturated rings. The maximum atomic E-state index is 12.7. The number of hydrogen-bond donors (Lipinski definition) is 0. The summed E-state index contributed by atoms with van der Waals surface area (Å²) in [5.41, 5.74) is 1.61. The van der Waals surface area contributed by atoms with Gasteiger partial charge in [0.25, 0.3) is 5.91 Å². The van der Waals surface area contributed by atoms with Crippen molar-refractivity contribution in [3.63, 3.8) is 0 Å². The standard InChI is InChI=1S/C21H25ClN2O4S/c1-16-14-19(22)8-9-20(16)28-17(2)21(25)23-10-12-24(13-11-23)29(26,27)15-18-6-4-3-5-7-18/h3-9,14,17H,10-13,15H2,1-2H3. The van der Waals surface area contributed by atoms with Crippen LogP contribution in [0.15, 0.2) is 48.5 Å². The second kappa shape index (κ2) is 9.15. The van der Waals surface area contributed by atoms with Gasteiger partial charge in [0.1, 0.15) is 5.75 Å². The molecule has 0 N–H and O–H groups in total. The van der Waals surface area contributed by atoms with Crippen LogP contribution in [0.5, 0.6) is 5.75 Å². The van der Waals surface area contributed by atoms with Gasteiger partial charge in [0.15, 0.2) is 6.10 Å². The Bertz CT molecular complexity index is 958. The van der Waals surface area contributed by atoms with Crippen molar-refractivity contribution in [1.82, 2.24) is 9.21 Å². The van der Waals surface area contributed by atoms with Gasteiger partial charge < -0.3 is 9.64 Å². The first kappa shape index (κ1) is 21.6. The number of hydrogen-bond acceptors (Lipinski definition) is 4. The van der Waals surface area contributed by atoms with Crippen LogP contribution in [0.1, 0.15) is 18.1 Å². The molecule has 1 heterocycles. The van der Waals surface area contributed by atoms with Gasteiger partial charge >= 0.3 is 0 Å². The number of halogens is 1. The lowest BCUT2D eigenvalue weighted by molar-refractivity contribution is -0.139. The van der Waals surface area contributed by atoms with E-state index in [0.717, 1.165) is 11.1 Å². The summed E-state index contributed by atoms with van der Waals surface area (Å²) >= 11 is 5.95. The van der Waals surface area contributed by atoms with Crippen molar-refractivity contribution in [1.29, 1.82) is 0 Å². The van der Waals surface area contributed by atoms with Gasteiger partial charge in [0, 0.05) is 31.2 Å². The Morgan fingerprint density at radius 1 is 1.10 bits per heavy atom. The Kier molecular flexibility index (Phi) is 6.82. The SMILES string of the molecule is Cc1cc(Cl)ccc1OC(C)C(=O)N1CCN(S(=O)(=O)Cc2ccccc2)CC1. The highest BCUT2D eigenvalue weighted by Crippen LogP contribution is 2.23. The van der Waals surface area contributed by atoms with Crippen LogP contribution in [-0.4, -0.2) is 55.8 Å². The number of aryl methyl sites for hydroxylation is 1. The predicted molar refractivity (Wildman–Crippen MR) is 113 cm³/mol. The van der Waals surface area contributed by atoms with Gasteiger partial charge in [-0.3, -0.25) is 4.79 Å². The number of carbonyl (C=O) groups excluding carboxylic acids is 1. The molecule has 1 aliphatic heterocycles. The van der Waals surface area contributed by atoms with Gasteiger partial charge in [-0.2, -0.15) is 4.31 Å². The third-order valence-corrected chi connectivity index (χ3v) is 7.01. The molecule has 29 heavy (non-hydrogen) atoms. The van der Waals surface area contributed by atoms with Crippen molar-refractivity contribution in [2.75, 3.05) is 26.2 Å². The number of benzene rings is 2. The minimum atomic E-state index is -3.41. The Morgan fingerprint density at radius 2 is 1.76 bits per heavy atom. The summed E-state index contributed by atoms with van der Waals surface area (Å²) in [7, 11) is -3.41. The van der Waals surface area contributed by atoms with E-state index in [4.69, 9.17) is 16.3 Å². The number of rotatable bonds is 6. The second-order valence-corrected chi connectivity index (χ2v) is 9.54. The number of nitrogens with zero attached hydrogens (tertiary/aromatic N) is 2. The molecule has 0 aliphatic carbocycles. The van der Waals surface area contributed by atoms with Crippen molar-refractivity contribution in [3.05, 3.63) is 64.7 Å². The molecule has 2 aromatic carbocycles. The fourth-order valence-corrected chi connectivity index (χ4v) is 5.05. The molecule has 1 unspecified atom stereocenters. The molecular formula is C21H25ClN2O4S. The van der Waals surface area contributed by atoms with Crippen LogP contribution < -0.4 is 4.74 Å². The molecule has 8 heteroatoms. The molecule has 1 atom stereocenters. The van der Waals surface area contributed by atoms with Crippen LogP contribution in [0.3, 0.4) is 0 Å². The number of sulfonamides is 1. The van der Waals surface area contributed by atoms with E-state index in [9.17, 15) is 13.2 Å². The summed E-state index contributed by atoms with van der Waals surface area (Å²) in [5, 5.41) is 0.613. The Balaban J connectivity index is 1.56. The lowest BCUT2D eigenvalue weighted by atomic mass is 10.2. The van der Waals surface area contributed by atoms with Gasteiger partial charge in [0.05, 0.1) is 5.75 Å². The van der Waals surface area contributed by atoms with E-state index in [1.54, 1.807) is 42.2 Å². The molecule has 156 valence electrons. The molecule has 1 saturated heterocycles. The van der Waals surface area contributed by atoms with E-state index in [0.29, 0.717) is 23.9 Å². The Hall–Kier alpha value is -2.09. The smallest absolute Gasteiger partial charge is 0.263 e. The largest absolute Gasteiger partial charge is 0.481 e. The Morgan fingerprint density at radius 3 is 2.38 bits per heavy atom. The van der Waals surface area contributed by atoms with Crippen molar-refractivity contribution in [3.8, 4) is 5.75 Å². The van der Waals surface area contributed by atoms with E-state index in [2.05, 4.69) is 0 Å². The highest BCUT2D eigenvalue weighted by atomic mass is 35.5. The first-order valence-electron chi connectivity index (χ1n) is 9.49. The summed E-state index contributed by atoms with van der Waals surface area (Å²) < 4.78 is 32.6. The van der Waals surface area contributed by atoms with Gasteiger partial charge in [-0.1, -0.05) is 41.9 Å². The van der Waals surface area contributed by atoms with Crippen molar-refractivity contribution >= 4 is 27.5 Å². The van der Waals surface area contributed by atoms with Crippen LogP contribution in [0, 0.1) is 6.92 Å². The van der Waals surface area contributed by atoms with Crippen LogP contribution in [0.2, 0.25) is 5.02 Å². The zero-order valence-corrected chi connectivity index (χ0v) is 18.1. The van der Waals surface area contributed by atoms with E-state index in [-0.39, 0.29) is 24.7 Å². The highest BCUT2D eigenvalue weighted by molar-refractivity contribution is 7.88. The molecule has 2 aromatic rings. The first-order chi connectivity index (χ1) is 13.8. The van der Waals surface area contributed by atoms with E-state index in [1.165, 1.54) is 4.31 Å². The minimum absolute atomic E-state index is 0.0306. The van der Waals surface area contributed by atoms with Gasteiger partial charge in [-0.05, 0) is 43.2 Å². The third-order valence-electron chi connectivity index (χ3n) is 4.92. The average Bonchev–Trinajstić information content (AvgIpc) is 2.70. The zero-order chi connectivity index (χ0) is 21.0. The molecule has 1 amide bonds. The summed E-state index contributed by atoms with van der Waals surface area (Å²) in [5.74, 6) is 0.427. The molecule has 0 radical (unpaired) electrons. The van der Waals surface area contributed by atoms with E-state index < -0.39 is 16.1 Å². The predicted octanol–water partition coefficient (Wildman–Crippen LogP) is 3.09. The van der Waals surface area contributed by atoms with E-state index in [1.807, 2.05) is 25.1 Å². The molecule has 1 aliphatic rings. The normalized spacial score (nSPS) is 16.4. The molecule has 0 saturated carbocycles. The molecule has 0 spiro atoms. The third kappa shape index (κ3) is 5.50. The first-order valence-corrected chi connectivity index (χ1v) is 11.5.